The van der Waals surface area contributed by atoms with E-state index in [0.717, 1.165) is 30.0 Å². The Balaban J connectivity index is 1.54. The van der Waals surface area contributed by atoms with Crippen LogP contribution < -0.4 is 0 Å². The van der Waals surface area contributed by atoms with Crippen molar-refractivity contribution in [2.45, 2.75) is 12.7 Å². The minimum Gasteiger partial charge on any atom is -0.478 e. The summed E-state index contributed by atoms with van der Waals surface area (Å²) in [5, 5.41) is 9.09. The van der Waals surface area contributed by atoms with Crippen molar-refractivity contribution in [1.82, 2.24) is 4.90 Å². The summed E-state index contributed by atoms with van der Waals surface area (Å²) in [6.45, 7) is 0.158. The molecule has 1 aromatic heterocycles. The molecule has 3 aromatic rings. The van der Waals surface area contributed by atoms with E-state index in [0.29, 0.717) is 9.88 Å². The van der Waals surface area contributed by atoms with E-state index in [1.54, 1.807) is 12.1 Å². The Morgan fingerprint density at radius 3 is 2.50 bits per heavy atom. The average Bonchev–Trinajstić information content (AvgIpc) is 3.34. The first-order valence-corrected chi connectivity index (χ1v) is 11.2. The lowest BCUT2D eigenvalue weighted by Gasteiger charge is -2.14. The van der Waals surface area contributed by atoms with Gasteiger partial charge in [-0.2, -0.15) is 13.2 Å². The van der Waals surface area contributed by atoms with Gasteiger partial charge >= 0.3 is 12.1 Å². The normalized spacial score (nSPS) is 15.4. The number of carbonyl (C=O) groups excluding carboxylic acids is 1. The van der Waals surface area contributed by atoms with Crippen LogP contribution in [-0.4, -0.2) is 26.2 Å². The third kappa shape index (κ3) is 5.03. The molecular weight excluding hydrogens is 511 g/mol. The molecule has 1 aliphatic rings. The van der Waals surface area contributed by atoms with E-state index in [2.05, 4.69) is 0 Å². The molecule has 1 N–H and O–H groups in total. The van der Waals surface area contributed by atoms with Crippen LogP contribution in [0.2, 0.25) is 5.02 Å². The highest BCUT2D eigenvalue weighted by atomic mass is 35.5. The van der Waals surface area contributed by atoms with E-state index in [-0.39, 0.29) is 45.0 Å². The number of halogens is 4. The molecule has 5 nitrogen and oxygen atoms in total. The number of carboxylic acids is 1. The van der Waals surface area contributed by atoms with Gasteiger partial charge in [-0.15, -0.1) is 0 Å². The third-order valence-corrected chi connectivity index (χ3v) is 6.58. The topological polar surface area (TPSA) is 70.8 Å². The second-order valence-electron chi connectivity index (χ2n) is 7.16. The molecule has 1 saturated heterocycles. The van der Waals surface area contributed by atoms with Gasteiger partial charge in [0, 0.05) is 11.6 Å². The van der Waals surface area contributed by atoms with E-state index in [4.69, 9.17) is 33.3 Å². The lowest BCUT2D eigenvalue weighted by molar-refractivity contribution is -0.137. The molecule has 0 saturated carbocycles. The quantitative estimate of drug-likeness (QED) is 0.296. The molecule has 11 heteroatoms. The molecule has 4 rings (SSSR count). The van der Waals surface area contributed by atoms with Crippen molar-refractivity contribution in [1.29, 1.82) is 0 Å². The number of aromatic carboxylic acids is 1. The van der Waals surface area contributed by atoms with Crippen LogP contribution in [0.1, 0.15) is 27.2 Å². The Kier molecular flexibility index (Phi) is 6.57. The van der Waals surface area contributed by atoms with Gasteiger partial charge in [-0.1, -0.05) is 47.7 Å². The van der Waals surface area contributed by atoms with Crippen molar-refractivity contribution in [3.05, 3.63) is 87.0 Å². The number of hydrogen-bond donors (Lipinski definition) is 1. The molecule has 174 valence electrons. The highest BCUT2D eigenvalue weighted by molar-refractivity contribution is 8.26. The van der Waals surface area contributed by atoms with Gasteiger partial charge in [0.2, 0.25) is 0 Å². The van der Waals surface area contributed by atoms with Crippen molar-refractivity contribution in [3.63, 3.8) is 0 Å². The Bertz CT molecular complexity index is 1330. The van der Waals surface area contributed by atoms with Crippen LogP contribution in [0.5, 0.6) is 0 Å². The molecule has 1 fully saturated rings. The zero-order chi connectivity index (χ0) is 24.6. The van der Waals surface area contributed by atoms with Gasteiger partial charge in [0.1, 0.15) is 15.8 Å². The second kappa shape index (κ2) is 9.28. The number of carboxylic acid groups (broad SMARTS) is 1. The number of carbonyl (C=O) groups is 2. The average molecular weight is 524 g/mol. The van der Waals surface area contributed by atoms with Crippen molar-refractivity contribution in [2.24, 2.45) is 0 Å². The number of amides is 1. The highest BCUT2D eigenvalue weighted by Crippen LogP contribution is 2.38. The largest absolute Gasteiger partial charge is 0.478 e. The number of thioether (sulfide) groups is 1. The Morgan fingerprint density at radius 2 is 1.85 bits per heavy atom. The first-order chi connectivity index (χ1) is 16.0. The van der Waals surface area contributed by atoms with Gasteiger partial charge in [0.05, 0.1) is 27.6 Å². The number of rotatable bonds is 5. The van der Waals surface area contributed by atoms with Crippen LogP contribution in [0.3, 0.4) is 0 Å². The number of benzene rings is 2. The summed E-state index contributed by atoms with van der Waals surface area (Å²) in [6.07, 6.45) is -3.07. The van der Waals surface area contributed by atoms with E-state index in [1.807, 2.05) is 0 Å². The van der Waals surface area contributed by atoms with Gasteiger partial charge < -0.3 is 9.52 Å². The molecule has 34 heavy (non-hydrogen) atoms. The molecule has 0 bridgehead atoms. The lowest BCUT2D eigenvalue weighted by Crippen LogP contribution is -2.27. The van der Waals surface area contributed by atoms with E-state index < -0.39 is 17.7 Å². The second-order valence-corrected chi connectivity index (χ2v) is 9.25. The van der Waals surface area contributed by atoms with Crippen LogP contribution in [0.4, 0.5) is 13.2 Å². The summed E-state index contributed by atoms with van der Waals surface area (Å²) in [5.41, 5.74) is 0.0427. The molecule has 0 spiro atoms. The van der Waals surface area contributed by atoms with Crippen molar-refractivity contribution < 1.29 is 32.3 Å². The molecule has 2 aromatic carbocycles. The smallest absolute Gasteiger partial charge is 0.416 e. The van der Waals surface area contributed by atoms with Gasteiger partial charge in [0.15, 0.2) is 0 Å². The standard InChI is InChI=1S/C23H13ClF3NO4S2/c24-17-7-5-14(23(25,26)27)9-16(17)18-8-6-15(32-18)10-19-20(29)28(22(33)34-19)11-12-1-3-13(4-2-12)21(30)31/h1-10H,11H2,(H,30,31). The minimum atomic E-state index is -4.53. The predicted octanol–water partition coefficient (Wildman–Crippen LogP) is 6.72. The summed E-state index contributed by atoms with van der Waals surface area (Å²) in [7, 11) is 0. The fourth-order valence-electron chi connectivity index (χ4n) is 3.17. The monoisotopic (exact) mass is 523 g/mol. The molecule has 0 aliphatic carbocycles. The zero-order valence-electron chi connectivity index (χ0n) is 16.9. The van der Waals surface area contributed by atoms with Crippen LogP contribution in [0, 0.1) is 0 Å². The number of hydrogen-bond acceptors (Lipinski definition) is 5. The first-order valence-electron chi connectivity index (χ1n) is 9.57. The molecule has 1 amide bonds. The number of furan rings is 1. The summed E-state index contributed by atoms with van der Waals surface area (Å²) >= 11 is 12.4. The fraction of sp³-hybridized carbons (Fsp3) is 0.0870. The lowest BCUT2D eigenvalue weighted by atomic mass is 10.1. The van der Waals surface area contributed by atoms with E-state index >= 15 is 0 Å². The fourth-order valence-corrected chi connectivity index (χ4v) is 4.61. The van der Waals surface area contributed by atoms with Crippen LogP contribution in [0.25, 0.3) is 17.4 Å². The van der Waals surface area contributed by atoms with Crippen LogP contribution in [0.15, 0.2) is 63.9 Å². The van der Waals surface area contributed by atoms with Gasteiger partial charge in [-0.05, 0) is 48.0 Å². The molecule has 2 heterocycles. The SMILES string of the molecule is O=C(O)c1ccc(CN2C(=O)C(=Cc3ccc(-c4cc(C(F)(F)F)ccc4Cl)o3)SC2=S)cc1. The maximum absolute atomic E-state index is 13.1. The summed E-state index contributed by atoms with van der Waals surface area (Å²) in [6, 6.07) is 12.0. The summed E-state index contributed by atoms with van der Waals surface area (Å²) in [5.74, 6) is -1.05. The number of nitrogens with zero attached hydrogens (tertiary/aromatic N) is 1. The maximum atomic E-state index is 13.1. The van der Waals surface area contributed by atoms with Crippen LogP contribution >= 0.6 is 35.6 Å². The van der Waals surface area contributed by atoms with Crippen molar-refractivity contribution >= 4 is 57.9 Å². The Labute approximate surface area is 205 Å². The van der Waals surface area contributed by atoms with Crippen LogP contribution in [-0.2, 0) is 17.5 Å². The van der Waals surface area contributed by atoms with Gasteiger partial charge in [-0.25, -0.2) is 4.79 Å². The molecule has 0 radical (unpaired) electrons. The zero-order valence-corrected chi connectivity index (χ0v) is 19.3. The third-order valence-electron chi connectivity index (χ3n) is 4.87. The van der Waals surface area contributed by atoms with E-state index in [9.17, 15) is 22.8 Å². The van der Waals surface area contributed by atoms with Crippen molar-refractivity contribution in [2.75, 3.05) is 0 Å². The molecular formula is C23H13ClF3NO4S2. The Hall–Kier alpha value is -3.08. The predicted molar refractivity (Wildman–Crippen MR) is 126 cm³/mol. The first kappa shape index (κ1) is 24.1. The summed E-state index contributed by atoms with van der Waals surface area (Å²) in [4.78, 5) is 25.5. The van der Waals surface area contributed by atoms with Crippen molar-refractivity contribution in [3.8, 4) is 11.3 Å². The van der Waals surface area contributed by atoms with E-state index in [1.165, 1.54) is 35.2 Å². The maximum Gasteiger partial charge on any atom is 0.416 e. The number of alkyl halides is 3. The van der Waals surface area contributed by atoms with Gasteiger partial charge in [-0.3, -0.25) is 9.69 Å². The van der Waals surface area contributed by atoms with Gasteiger partial charge in [0.25, 0.3) is 5.91 Å². The number of thiocarbonyl (C=S) groups is 1. The molecule has 0 unspecified atom stereocenters. The molecule has 1 aliphatic heterocycles. The minimum absolute atomic E-state index is 0.0773. The Morgan fingerprint density at radius 1 is 1.15 bits per heavy atom. The highest BCUT2D eigenvalue weighted by Gasteiger charge is 2.33. The summed E-state index contributed by atoms with van der Waals surface area (Å²) < 4.78 is 45.1. The molecule has 0 atom stereocenters.